The molecule has 1 N–H and O–H groups in total. The van der Waals surface area contributed by atoms with E-state index in [0.29, 0.717) is 22.9 Å². The van der Waals surface area contributed by atoms with E-state index >= 15 is 0 Å². The number of rotatable bonds is 7. The molecule has 3 aromatic rings. The number of halogens is 2. The molecular weight excluding hydrogens is 425 g/mol. The Morgan fingerprint density at radius 2 is 1.93 bits per heavy atom. The number of carbonyl (C=O) groups is 2. The lowest BCUT2D eigenvalue weighted by Gasteiger charge is -2.20. The van der Waals surface area contributed by atoms with Crippen molar-refractivity contribution < 1.29 is 14.0 Å². The number of amides is 2. The smallest absolute Gasteiger partial charge is 0.244 e. The molecule has 0 saturated heterocycles. The summed E-state index contributed by atoms with van der Waals surface area (Å²) in [4.78, 5) is 31.1. The number of nitrogens with zero attached hydrogens (tertiary/aromatic N) is 2. The van der Waals surface area contributed by atoms with E-state index in [1.165, 1.54) is 28.4 Å². The molecule has 0 atom stereocenters. The van der Waals surface area contributed by atoms with Crippen molar-refractivity contribution in [3.8, 4) is 10.6 Å². The van der Waals surface area contributed by atoms with Gasteiger partial charge in [0, 0.05) is 28.2 Å². The zero-order valence-corrected chi connectivity index (χ0v) is 18.2. The lowest BCUT2D eigenvalue weighted by molar-refractivity contribution is -0.133. The molecule has 0 aliphatic heterocycles. The number of aryl methyl sites for hydroxylation is 1. The van der Waals surface area contributed by atoms with Crippen molar-refractivity contribution >= 4 is 40.4 Å². The molecule has 0 saturated carbocycles. The number of carbonyl (C=O) groups excluding carboxylic acids is 2. The lowest BCUT2D eigenvalue weighted by Crippen LogP contribution is -2.38. The molecule has 0 aliphatic carbocycles. The van der Waals surface area contributed by atoms with Crippen LogP contribution in [0.2, 0.25) is 5.02 Å². The molecular formula is C22H21ClFN3O2S. The van der Waals surface area contributed by atoms with Crippen LogP contribution < -0.4 is 5.32 Å². The van der Waals surface area contributed by atoms with E-state index in [9.17, 15) is 14.0 Å². The highest BCUT2D eigenvalue weighted by Gasteiger charge is 2.18. The first-order valence-corrected chi connectivity index (χ1v) is 10.7. The maximum Gasteiger partial charge on any atom is 0.244 e. The Morgan fingerprint density at radius 1 is 1.20 bits per heavy atom. The van der Waals surface area contributed by atoms with Crippen molar-refractivity contribution in [1.29, 1.82) is 0 Å². The zero-order valence-electron chi connectivity index (χ0n) is 16.6. The summed E-state index contributed by atoms with van der Waals surface area (Å²) >= 11 is 7.38. The van der Waals surface area contributed by atoms with E-state index in [1.54, 1.807) is 29.6 Å². The number of anilines is 1. The number of benzene rings is 2. The molecule has 3 rings (SSSR count). The molecule has 0 bridgehead atoms. The van der Waals surface area contributed by atoms with E-state index in [1.807, 2.05) is 19.9 Å². The first-order valence-electron chi connectivity index (χ1n) is 9.40. The number of hydrogen-bond donors (Lipinski definition) is 1. The van der Waals surface area contributed by atoms with Gasteiger partial charge < -0.3 is 10.2 Å². The van der Waals surface area contributed by atoms with Crippen LogP contribution in [0.1, 0.15) is 18.2 Å². The Labute approximate surface area is 183 Å². The SMILES string of the molecule is CCN(CC(=O)Nc1cc(Cl)ccc1C)C(=O)Cc1csc(-c2ccc(F)cc2)n1. The molecule has 156 valence electrons. The van der Waals surface area contributed by atoms with Crippen molar-refractivity contribution in [2.24, 2.45) is 0 Å². The minimum atomic E-state index is -0.310. The highest BCUT2D eigenvalue weighted by Crippen LogP contribution is 2.24. The predicted octanol–water partition coefficient (Wildman–Crippen LogP) is 4.94. The second-order valence-electron chi connectivity index (χ2n) is 6.74. The van der Waals surface area contributed by atoms with E-state index in [0.717, 1.165) is 16.1 Å². The van der Waals surface area contributed by atoms with Crippen molar-refractivity contribution in [3.63, 3.8) is 0 Å². The number of thiazole rings is 1. The van der Waals surface area contributed by atoms with E-state index < -0.39 is 0 Å². The number of aromatic nitrogens is 1. The van der Waals surface area contributed by atoms with Gasteiger partial charge in [0.1, 0.15) is 10.8 Å². The average molecular weight is 446 g/mol. The summed E-state index contributed by atoms with van der Waals surface area (Å²) in [6, 6.07) is 11.3. The molecule has 0 radical (unpaired) electrons. The van der Waals surface area contributed by atoms with Gasteiger partial charge in [-0.05, 0) is 55.8 Å². The fourth-order valence-corrected chi connectivity index (χ4v) is 3.85. The highest BCUT2D eigenvalue weighted by atomic mass is 35.5. The van der Waals surface area contributed by atoms with Crippen molar-refractivity contribution in [2.75, 3.05) is 18.4 Å². The molecule has 5 nitrogen and oxygen atoms in total. The molecule has 0 unspecified atom stereocenters. The Morgan fingerprint density at radius 3 is 2.63 bits per heavy atom. The molecule has 2 amide bonds. The number of nitrogens with one attached hydrogen (secondary N) is 1. The monoisotopic (exact) mass is 445 g/mol. The average Bonchev–Trinajstić information content (AvgIpc) is 3.17. The minimum Gasteiger partial charge on any atom is -0.333 e. The van der Waals surface area contributed by atoms with Crippen LogP contribution in [0.15, 0.2) is 47.8 Å². The van der Waals surface area contributed by atoms with Gasteiger partial charge in [0.25, 0.3) is 0 Å². The Hall–Kier alpha value is -2.77. The normalized spacial score (nSPS) is 10.7. The summed E-state index contributed by atoms with van der Waals surface area (Å²) < 4.78 is 13.1. The molecule has 1 aromatic heterocycles. The fourth-order valence-electron chi connectivity index (χ4n) is 2.85. The third-order valence-corrected chi connectivity index (χ3v) is 5.69. The van der Waals surface area contributed by atoms with Gasteiger partial charge >= 0.3 is 0 Å². The molecule has 2 aromatic carbocycles. The first-order chi connectivity index (χ1) is 14.4. The second kappa shape index (κ2) is 9.82. The molecule has 0 aliphatic rings. The van der Waals surface area contributed by atoms with Crippen molar-refractivity contribution in [3.05, 3.63) is 69.9 Å². The van der Waals surface area contributed by atoms with Crippen molar-refractivity contribution in [2.45, 2.75) is 20.3 Å². The van der Waals surface area contributed by atoms with Crippen LogP contribution >= 0.6 is 22.9 Å². The standard InChI is InChI=1S/C22H21ClFN3O2S/c1-3-27(12-20(28)26-19-10-16(23)7-4-14(19)2)21(29)11-18-13-30-22(25-18)15-5-8-17(24)9-6-15/h4-10,13H,3,11-12H2,1-2H3,(H,26,28). The van der Waals surface area contributed by atoms with Gasteiger partial charge in [-0.15, -0.1) is 11.3 Å². The van der Waals surface area contributed by atoms with Crippen LogP contribution in [0.5, 0.6) is 0 Å². The maximum atomic E-state index is 13.1. The van der Waals surface area contributed by atoms with Crippen LogP contribution in [-0.4, -0.2) is 34.8 Å². The fraction of sp³-hybridized carbons (Fsp3) is 0.227. The van der Waals surface area contributed by atoms with Gasteiger partial charge in [-0.3, -0.25) is 9.59 Å². The Balaban J connectivity index is 1.61. The summed E-state index contributed by atoms with van der Waals surface area (Å²) in [6.45, 7) is 4.03. The van der Waals surface area contributed by atoms with E-state index in [-0.39, 0.29) is 30.6 Å². The lowest BCUT2D eigenvalue weighted by atomic mass is 10.2. The first kappa shape index (κ1) is 21.9. The Bertz CT molecular complexity index is 1050. The quantitative estimate of drug-likeness (QED) is 0.560. The van der Waals surface area contributed by atoms with E-state index in [2.05, 4.69) is 10.3 Å². The molecule has 0 fully saturated rings. The van der Waals surface area contributed by atoms with Gasteiger partial charge in [0.2, 0.25) is 11.8 Å². The minimum absolute atomic E-state index is 0.0593. The van der Waals surface area contributed by atoms with Gasteiger partial charge in [0.15, 0.2) is 0 Å². The third-order valence-electron chi connectivity index (χ3n) is 4.52. The predicted molar refractivity (Wildman–Crippen MR) is 118 cm³/mol. The molecule has 0 spiro atoms. The van der Waals surface area contributed by atoms with Crippen LogP contribution in [-0.2, 0) is 16.0 Å². The van der Waals surface area contributed by atoms with Gasteiger partial charge in [-0.2, -0.15) is 0 Å². The van der Waals surface area contributed by atoms with Gasteiger partial charge in [-0.1, -0.05) is 17.7 Å². The third kappa shape index (κ3) is 5.64. The van der Waals surface area contributed by atoms with Gasteiger partial charge in [0.05, 0.1) is 18.7 Å². The van der Waals surface area contributed by atoms with Crippen LogP contribution in [0.3, 0.4) is 0 Å². The van der Waals surface area contributed by atoms with Crippen LogP contribution in [0.25, 0.3) is 10.6 Å². The zero-order chi connectivity index (χ0) is 21.7. The van der Waals surface area contributed by atoms with Crippen molar-refractivity contribution in [1.82, 2.24) is 9.88 Å². The van der Waals surface area contributed by atoms with Crippen LogP contribution in [0.4, 0.5) is 10.1 Å². The van der Waals surface area contributed by atoms with Gasteiger partial charge in [-0.25, -0.2) is 9.37 Å². The maximum absolute atomic E-state index is 13.1. The second-order valence-corrected chi connectivity index (χ2v) is 8.04. The van der Waals surface area contributed by atoms with Crippen LogP contribution in [0, 0.1) is 12.7 Å². The molecule has 8 heteroatoms. The Kier molecular flexibility index (Phi) is 7.18. The number of likely N-dealkylation sites (N-methyl/N-ethyl adjacent to an activating group) is 1. The van der Waals surface area contributed by atoms with E-state index in [4.69, 9.17) is 11.6 Å². The molecule has 30 heavy (non-hydrogen) atoms. The number of hydrogen-bond acceptors (Lipinski definition) is 4. The summed E-state index contributed by atoms with van der Waals surface area (Å²) in [6.07, 6.45) is 0.0923. The molecule has 1 heterocycles. The summed E-state index contributed by atoms with van der Waals surface area (Å²) in [5.74, 6) is -0.789. The largest absolute Gasteiger partial charge is 0.333 e. The summed E-state index contributed by atoms with van der Waals surface area (Å²) in [5, 5.41) is 5.85. The topological polar surface area (TPSA) is 62.3 Å². The highest BCUT2D eigenvalue weighted by molar-refractivity contribution is 7.13. The summed E-state index contributed by atoms with van der Waals surface area (Å²) in [5.41, 5.74) is 2.93. The summed E-state index contributed by atoms with van der Waals surface area (Å²) in [7, 11) is 0.